The number of aryl methyl sites for hydroxylation is 1. The molecule has 4 heteroatoms. The first kappa shape index (κ1) is 14.5. The van der Waals surface area contributed by atoms with Crippen LogP contribution in [-0.4, -0.2) is 12.2 Å². The van der Waals surface area contributed by atoms with Gasteiger partial charge >= 0.3 is 0 Å². The van der Waals surface area contributed by atoms with E-state index in [-0.39, 0.29) is 11.6 Å². The molecule has 1 N–H and O–H groups in total. The van der Waals surface area contributed by atoms with E-state index in [1.165, 1.54) is 18.2 Å². The molecule has 0 spiro atoms. The topological polar surface area (TPSA) is 23.5 Å². The van der Waals surface area contributed by atoms with E-state index in [0.29, 0.717) is 22.5 Å². The summed E-state index contributed by atoms with van der Waals surface area (Å²) in [6.07, 6.45) is -0.809. The van der Waals surface area contributed by atoms with Gasteiger partial charge in [0.05, 0.1) is 6.10 Å². The fraction of sp³-hybridized carbons (Fsp3) is 0.250. The van der Waals surface area contributed by atoms with Gasteiger partial charge in [-0.2, -0.15) is 0 Å². The molecule has 1 atom stereocenters. The van der Waals surface area contributed by atoms with Gasteiger partial charge in [-0.05, 0) is 49.7 Å². The lowest BCUT2D eigenvalue weighted by Crippen LogP contribution is -2.14. The van der Waals surface area contributed by atoms with E-state index in [0.717, 1.165) is 0 Å². The minimum absolute atomic E-state index is 0.341. The maximum atomic E-state index is 13.7. The lowest BCUT2D eigenvalue weighted by Gasteiger charge is -2.24. The van der Waals surface area contributed by atoms with E-state index in [9.17, 15) is 13.9 Å². The van der Waals surface area contributed by atoms with Crippen LogP contribution in [-0.2, 0) is 0 Å². The number of rotatable bonds is 3. The first-order valence-electron chi connectivity index (χ1n) is 6.37. The summed E-state index contributed by atoms with van der Waals surface area (Å²) in [5, 5.41) is 9.80. The third kappa shape index (κ3) is 2.80. The fourth-order valence-electron chi connectivity index (χ4n) is 2.13. The number of benzene rings is 2. The molecule has 0 saturated heterocycles. The minimum atomic E-state index is -0.809. The van der Waals surface area contributed by atoms with Gasteiger partial charge in [0.25, 0.3) is 0 Å². The van der Waals surface area contributed by atoms with Crippen LogP contribution in [0.4, 0.5) is 20.2 Å². The quantitative estimate of drug-likeness (QED) is 0.913. The predicted octanol–water partition coefficient (Wildman–Crippen LogP) is 4.09. The molecule has 0 aliphatic carbocycles. The highest BCUT2D eigenvalue weighted by Gasteiger charge is 2.16. The van der Waals surface area contributed by atoms with Crippen molar-refractivity contribution in [3.8, 4) is 0 Å². The monoisotopic (exact) mass is 277 g/mol. The summed E-state index contributed by atoms with van der Waals surface area (Å²) in [6.45, 7) is 3.23. The van der Waals surface area contributed by atoms with Gasteiger partial charge in [-0.15, -0.1) is 0 Å². The molecular weight excluding hydrogens is 260 g/mol. The molecule has 2 nitrogen and oxygen atoms in total. The normalized spacial score (nSPS) is 12.3. The van der Waals surface area contributed by atoms with Crippen molar-refractivity contribution in [2.24, 2.45) is 0 Å². The molecule has 0 radical (unpaired) electrons. The van der Waals surface area contributed by atoms with Crippen molar-refractivity contribution in [3.05, 3.63) is 59.2 Å². The Morgan fingerprint density at radius 2 is 1.85 bits per heavy atom. The van der Waals surface area contributed by atoms with Gasteiger partial charge in [0.1, 0.15) is 11.6 Å². The van der Waals surface area contributed by atoms with Gasteiger partial charge in [-0.25, -0.2) is 8.78 Å². The molecule has 2 aromatic rings. The van der Waals surface area contributed by atoms with E-state index in [2.05, 4.69) is 0 Å². The van der Waals surface area contributed by atoms with Gasteiger partial charge in [0.15, 0.2) is 0 Å². The van der Waals surface area contributed by atoms with Crippen LogP contribution in [0.1, 0.15) is 24.2 Å². The van der Waals surface area contributed by atoms with Gasteiger partial charge in [-0.1, -0.05) is 6.07 Å². The van der Waals surface area contributed by atoms with Crippen LogP contribution < -0.4 is 4.90 Å². The van der Waals surface area contributed by atoms with E-state index in [4.69, 9.17) is 0 Å². The Kier molecular flexibility index (Phi) is 4.04. The number of aliphatic hydroxyl groups excluding tert-OH is 1. The van der Waals surface area contributed by atoms with Crippen molar-refractivity contribution in [2.45, 2.75) is 20.0 Å². The van der Waals surface area contributed by atoms with Gasteiger partial charge < -0.3 is 10.0 Å². The molecule has 2 rings (SSSR count). The molecule has 0 aromatic heterocycles. The van der Waals surface area contributed by atoms with Crippen LogP contribution in [0.5, 0.6) is 0 Å². The highest BCUT2D eigenvalue weighted by atomic mass is 19.1. The number of hydrogen-bond acceptors (Lipinski definition) is 2. The van der Waals surface area contributed by atoms with Crippen LogP contribution in [0.2, 0.25) is 0 Å². The Morgan fingerprint density at radius 1 is 1.15 bits per heavy atom. The van der Waals surface area contributed by atoms with Crippen molar-refractivity contribution >= 4 is 11.4 Å². The van der Waals surface area contributed by atoms with Crippen LogP contribution in [0, 0.1) is 18.6 Å². The number of hydrogen-bond donors (Lipinski definition) is 1. The molecule has 0 aliphatic rings. The van der Waals surface area contributed by atoms with Crippen LogP contribution >= 0.6 is 0 Å². The van der Waals surface area contributed by atoms with Crippen molar-refractivity contribution in [1.82, 2.24) is 0 Å². The Balaban J connectivity index is 2.53. The van der Waals surface area contributed by atoms with Gasteiger partial charge in [0.2, 0.25) is 0 Å². The SMILES string of the molecule is Cc1cc(N(C)c2cccc(F)c2)c(C(C)O)cc1F. The summed E-state index contributed by atoms with van der Waals surface area (Å²) >= 11 is 0. The summed E-state index contributed by atoms with van der Waals surface area (Å²) < 4.78 is 27.0. The molecule has 0 amide bonds. The number of aliphatic hydroxyl groups is 1. The van der Waals surface area contributed by atoms with E-state index in [1.807, 2.05) is 0 Å². The molecule has 0 fully saturated rings. The standard InChI is InChI=1S/C16H17F2NO/c1-10-7-16(14(11(2)20)9-15(10)18)19(3)13-6-4-5-12(17)8-13/h4-9,11,20H,1-3H3. The van der Waals surface area contributed by atoms with E-state index in [1.54, 1.807) is 44.0 Å². The predicted molar refractivity (Wildman–Crippen MR) is 76.2 cm³/mol. The third-order valence-electron chi connectivity index (χ3n) is 3.31. The average molecular weight is 277 g/mol. The van der Waals surface area contributed by atoms with E-state index < -0.39 is 6.10 Å². The molecule has 106 valence electrons. The highest BCUT2D eigenvalue weighted by molar-refractivity contribution is 5.67. The number of nitrogens with zero attached hydrogens (tertiary/aromatic N) is 1. The Labute approximate surface area is 117 Å². The Morgan fingerprint density at radius 3 is 2.45 bits per heavy atom. The summed E-state index contributed by atoms with van der Waals surface area (Å²) in [7, 11) is 1.76. The average Bonchev–Trinajstić information content (AvgIpc) is 2.40. The summed E-state index contributed by atoms with van der Waals surface area (Å²) in [5.74, 6) is -0.705. The third-order valence-corrected chi connectivity index (χ3v) is 3.31. The maximum absolute atomic E-state index is 13.7. The minimum Gasteiger partial charge on any atom is -0.389 e. The van der Waals surface area contributed by atoms with E-state index >= 15 is 0 Å². The van der Waals surface area contributed by atoms with Crippen molar-refractivity contribution in [2.75, 3.05) is 11.9 Å². The van der Waals surface area contributed by atoms with Crippen molar-refractivity contribution < 1.29 is 13.9 Å². The van der Waals surface area contributed by atoms with Gasteiger partial charge in [0, 0.05) is 24.0 Å². The second-order valence-corrected chi connectivity index (χ2v) is 4.88. The zero-order chi connectivity index (χ0) is 14.9. The second kappa shape index (κ2) is 5.59. The maximum Gasteiger partial charge on any atom is 0.126 e. The van der Waals surface area contributed by atoms with Crippen molar-refractivity contribution in [3.63, 3.8) is 0 Å². The fourth-order valence-corrected chi connectivity index (χ4v) is 2.13. The smallest absolute Gasteiger partial charge is 0.126 e. The van der Waals surface area contributed by atoms with Crippen LogP contribution in [0.25, 0.3) is 0 Å². The lowest BCUT2D eigenvalue weighted by atomic mass is 10.0. The van der Waals surface area contributed by atoms with Crippen LogP contribution in [0.3, 0.4) is 0 Å². The zero-order valence-corrected chi connectivity index (χ0v) is 11.7. The molecular formula is C16H17F2NO. The van der Waals surface area contributed by atoms with Gasteiger partial charge in [-0.3, -0.25) is 0 Å². The second-order valence-electron chi connectivity index (χ2n) is 4.88. The lowest BCUT2D eigenvalue weighted by molar-refractivity contribution is 0.199. The molecule has 0 aliphatic heterocycles. The highest BCUT2D eigenvalue weighted by Crippen LogP contribution is 2.33. The number of halogens is 2. The molecule has 20 heavy (non-hydrogen) atoms. The van der Waals surface area contributed by atoms with Crippen molar-refractivity contribution in [1.29, 1.82) is 0 Å². The molecule has 1 unspecified atom stereocenters. The largest absolute Gasteiger partial charge is 0.389 e. The summed E-state index contributed by atoms with van der Waals surface area (Å²) in [5.41, 5.74) is 2.25. The Bertz CT molecular complexity index is 626. The summed E-state index contributed by atoms with van der Waals surface area (Å²) in [6, 6.07) is 9.11. The summed E-state index contributed by atoms with van der Waals surface area (Å²) in [4.78, 5) is 1.73. The first-order valence-corrected chi connectivity index (χ1v) is 6.37. The zero-order valence-electron chi connectivity index (χ0n) is 11.7. The molecule has 0 saturated carbocycles. The molecule has 2 aromatic carbocycles. The number of anilines is 2. The Hall–Kier alpha value is -1.94. The first-order chi connectivity index (χ1) is 9.40. The molecule has 0 heterocycles. The van der Waals surface area contributed by atoms with Crippen LogP contribution in [0.15, 0.2) is 36.4 Å². The molecule has 0 bridgehead atoms.